The van der Waals surface area contributed by atoms with Gasteiger partial charge < -0.3 is 33.5 Å². The highest BCUT2D eigenvalue weighted by Gasteiger charge is 2.60. The average Bonchev–Trinajstić information content (AvgIpc) is 3.00. The second-order valence-electron chi connectivity index (χ2n) is 10.8. The molecule has 1 N–H and O–H groups in total. The van der Waals surface area contributed by atoms with Crippen molar-refractivity contribution in [2.45, 2.75) is 103 Å². The number of aliphatic carboxylic acids is 1. The van der Waals surface area contributed by atoms with Crippen molar-refractivity contribution in [2.24, 2.45) is 0 Å². The number of benzene rings is 2. The van der Waals surface area contributed by atoms with Gasteiger partial charge in [0.1, 0.15) is 24.1 Å². The van der Waals surface area contributed by atoms with Gasteiger partial charge in [-0.2, -0.15) is 0 Å². The summed E-state index contributed by atoms with van der Waals surface area (Å²) in [6, 6.07) is 13.4. The molecule has 2 aromatic carbocycles. The molecular weight excluding hydrogens is 572 g/mol. The van der Waals surface area contributed by atoms with E-state index in [9.17, 15) is 9.90 Å². The summed E-state index contributed by atoms with van der Waals surface area (Å²) < 4.78 is 37.4. The highest BCUT2D eigenvalue weighted by Crippen LogP contribution is 2.44. The van der Waals surface area contributed by atoms with E-state index >= 15 is 0 Å². The summed E-state index contributed by atoms with van der Waals surface area (Å²) in [4.78, 5) is 12.7. The molecule has 0 saturated carbocycles. The van der Waals surface area contributed by atoms with Gasteiger partial charge in [-0.3, -0.25) is 0 Å². The Balaban J connectivity index is 2.09. The second-order valence-corrected chi connectivity index (χ2v) is 11.2. The molecular formula is C34H49ClO8. The summed E-state index contributed by atoms with van der Waals surface area (Å²) in [5.74, 6) is -1.93. The number of unbranched alkanes of at least 4 members (excludes halogenated alkanes) is 3. The highest BCUT2D eigenvalue weighted by atomic mass is 35.5. The van der Waals surface area contributed by atoms with Crippen molar-refractivity contribution in [3.63, 3.8) is 0 Å². The maximum absolute atomic E-state index is 12.7. The van der Waals surface area contributed by atoms with Crippen LogP contribution in [-0.2, 0) is 40.7 Å². The maximum atomic E-state index is 12.7. The number of carbonyl (C=O) groups is 1. The Morgan fingerprint density at radius 1 is 0.884 bits per heavy atom. The van der Waals surface area contributed by atoms with Gasteiger partial charge in [-0.15, -0.1) is 0 Å². The maximum Gasteiger partial charge on any atom is 0.335 e. The van der Waals surface area contributed by atoms with Crippen molar-refractivity contribution in [3.8, 4) is 5.75 Å². The number of hydrogen-bond donors (Lipinski definition) is 1. The lowest BCUT2D eigenvalue weighted by Crippen LogP contribution is -2.67. The molecule has 1 heterocycles. The fraction of sp³-hybridized carbons (Fsp3) is 0.618. The first-order valence-corrected chi connectivity index (χ1v) is 16.0. The van der Waals surface area contributed by atoms with Crippen LogP contribution in [0.15, 0.2) is 42.5 Å². The van der Waals surface area contributed by atoms with E-state index in [1.54, 1.807) is 6.07 Å². The number of methoxy groups -OCH3 is 1. The molecule has 0 aromatic heterocycles. The quantitative estimate of drug-likeness (QED) is 0.165. The molecule has 3 rings (SSSR count). The normalized spacial score (nSPS) is 23.8. The van der Waals surface area contributed by atoms with Crippen LogP contribution >= 0.6 is 11.6 Å². The number of ether oxygens (including phenoxy) is 6. The van der Waals surface area contributed by atoms with Gasteiger partial charge in [-0.05, 0) is 68.0 Å². The first-order valence-electron chi connectivity index (χ1n) is 15.7. The Labute approximate surface area is 261 Å². The Hall–Kier alpha value is -2.20. The smallest absolute Gasteiger partial charge is 0.335 e. The van der Waals surface area contributed by atoms with Crippen LogP contribution in [0.5, 0.6) is 5.75 Å². The van der Waals surface area contributed by atoms with Gasteiger partial charge in [0.05, 0.1) is 6.61 Å². The van der Waals surface area contributed by atoms with Crippen molar-refractivity contribution in [2.75, 3.05) is 33.5 Å². The minimum atomic E-state index is -1.59. The van der Waals surface area contributed by atoms with Crippen molar-refractivity contribution >= 4 is 17.6 Å². The summed E-state index contributed by atoms with van der Waals surface area (Å²) >= 11 is 6.70. The van der Waals surface area contributed by atoms with Gasteiger partial charge >= 0.3 is 5.97 Å². The van der Waals surface area contributed by atoms with Crippen molar-refractivity contribution < 1.29 is 38.3 Å². The Morgan fingerprint density at radius 3 is 2.05 bits per heavy atom. The zero-order chi connectivity index (χ0) is 31.2. The largest absolute Gasteiger partial charge is 0.494 e. The van der Waals surface area contributed by atoms with Crippen LogP contribution in [-0.4, -0.2) is 69.0 Å². The van der Waals surface area contributed by atoms with Gasteiger partial charge in [0.25, 0.3) is 0 Å². The summed E-state index contributed by atoms with van der Waals surface area (Å²) in [6.07, 6.45) is 1.93. The molecule has 1 saturated heterocycles. The molecule has 0 spiro atoms. The fourth-order valence-corrected chi connectivity index (χ4v) is 5.44. The molecule has 2 aromatic rings. The monoisotopic (exact) mass is 620 g/mol. The third-order valence-electron chi connectivity index (χ3n) is 7.63. The first kappa shape index (κ1) is 35.3. The number of rotatable bonds is 19. The molecule has 240 valence electrons. The minimum Gasteiger partial charge on any atom is -0.494 e. The Morgan fingerprint density at radius 2 is 1.49 bits per heavy atom. The predicted octanol–water partition coefficient (Wildman–Crippen LogP) is 7.17. The zero-order valence-electron chi connectivity index (χ0n) is 26.3. The minimum absolute atomic E-state index is 0.386. The number of hydrogen-bond acceptors (Lipinski definition) is 7. The van der Waals surface area contributed by atoms with Gasteiger partial charge in [0.15, 0.2) is 6.10 Å². The molecule has 0 bridgehead atoms. The summed E-state index contributed by atoms with van der Waals surface area (Å²) in [5.41, 5.74) is 2.49. The van der Waals surface area contributed by atoms with E-state index in [1.165, 1.54) is 7.11 Å². The summed E-state index contributed by atoms with van der Waals surface area (Å²) in [6.45, 7) is 10.0. The van der Waals surface area contributed by atoms with Gasteiger partial charge in [0.2, 0.25) is 5.79 Å². The molecule has 9 heteroatoms. The van der Waals surface area contributed by atoms with E-state index in [0.29, 0.717) is 43.4 Å². The van der Waals surface area contributed by atoms with E-state index in [-0.39, 0.29) is 0 Å². The summed E-state index contributed by atoms with van der Waals surface area (Å²) in [5, 5.41) is 11.0. The lowest BCUT2D eigenvalue weighted by atomic mass is 9.86. The molecule has 0 amide bonds. The SMILES string of the molecule is CCCCO[C@H]1[C@H](OCCCC)[C@@H](OCCCC)[C@](OC)(c2ccc(Cl)c(Cc3ccc(OCC)cc3)c2)O[C@@H]1C(=O)O. The van der Waals surface area contributed by atoms with E-state index < -0.39 is 36.2 Å². The molecule has 1 aliphatic heterocycles. The molecule has 0 radical (unpaired) electrons. The molecule has 0 aliphatic carbocycles. The van der Waals surface area contributed by atoms with Gasteiger partial charge in [0, 0.05) is 37.5 Å². The number of carboxylic acid groups (broad SMARTS) is 1. The van der Waals surface area contributed by atoms with Gasteiger partial charge in [-0.25, -0.2) is 4.79 Å². The standard InChI is InChI=1S/C34H49ClO8/c1-6-10-19-40-29-30(41-20-11-7-2)32(42-21-12-8-3)34(38-5,43-31(29)33(36)37)26-15-18-28(35)25(23-26)22-24-13-16-27(17-14-24)39-9-4/h13-18,23,29-32H,6-12,19-22H2,1-5H3,(H,36,37)/t29-,30-,31-,32+,34-/m0/s1. The molecule has 43 heavy (non-hydrogen) atoms. The lowest BCUT2D eigenvalue weighted by molar-refractivity contribution is -0.373. The number of carboxylic acids is 1. The van der Waals surface area contributed by atoms with Crippen LogP contribution < -0.4 is 4.74 Å². The van der Waals surface area contributed by atoms with Crippen LogP contribution in [0.2, 0.25) is 5.02 Å². The van der Waals surface area contributed by atoms with E-state index in [2.05, 4.69) is 20.8 Å². The van der Waals surface area contributed by atoms with E-state index in [1.807, 2.05) is 43.3 Å². The molecule has 1 aliphatic rings. The van der Waals surface area contributed by atoms with Crippen molar-refractivity contribution in [1.82, 2.24) is 0 Å². The van der Waals surface area contributed by atoms with Crippen molar-refractivity contribution in [3.05, 3.63) is 64.2 Å². The average molecular weight is 621 g/mol. The van der Waals surface area contributed by atoms with Crippen LogP contribution in [0.25, 0.3) is 0 Å². The molecule has 8 nitrogen and oxygen atoms in total. The Kier molecular flexibility index (Phi) is 14.7. The third-order valence-corrected chi connectivity index (χ3v) is 8.00. The lowest BCUT2D eigenvalue weighted by Gasteiger charge is -2.51. The highest BCUT2D eigenvalue weighted by molar-refractivity contribution is 6.31. The number of halogens is 1. The fourth-order valence-electron chi connectivity index (χ4n) is 5.26. The molecule has 5 atom stereocenters. The second kappa shape index (κ2) is 17.9. The van der Waals surface area contributed by atoms with E-state index in [4.69, 9.17) is 40.0 Å². The molecule has 1 fully saturated rings. The van der Waals surface area contributed by atoms with E-state index in [0.717, 1.165) is 55.4 Å². The summed E-state index contributed by atoms with van der Waals surface area (Å²) in [7, 11) is 1.51. The van der Waals surface area contributed by atoms with Crippen LogP contribution in [0.4, 0.5) is 0 Å². The zero-order valence-corrected chi connectivity index (χ0v) is 27.1. The van der Waals surface area contributed by atoms with Crippen LogP contribution in [0, 0.1) is 0 Å². The van der Waals surface area contributed by atoms with Crippen LogP contribution in [0.3, 0.4) is 0 Å². The first-order chi connectivity index (χ1) is 20.8. The van der Waals surface area contributed by atoms with Gasteiger partial charge in [-0.1, -0.05) is 69.8 Å². The predicted molar refractivity (Wildman–Crippen MR) is 167 cm³/mol. The Bertz CT molecular complexity index is 1110. The van der Waals surface area contributed by atoms with Crippen LogP contribution in [0.1, 0.15) is 82.9 Å². The third kappa shape index (κ3) is 9.16. The molecule has 0 unspecified atom stereocenters. The topological polar surface area (TPSA) is 92.7 Å². The van der Waals surface area contributed by atoms with Crippen molar-refractivity contribution in [1.29, 1.82) is 0 Å².